The SMILES string of the molecule is C=CCCCC1COC(C2CCC(CCc3ccc(F)c(F)c3)CC2)OC1. The Kier molecular flexibility index (Phi) is 7.83. The van der Waals surface area contributed by atoms with Crippen molar-refractivity contribution in [3.05, 3.63) is 48.1 Å². The van der Waals surface area contributed by atoms with Crippen LogP contribution in [0.4, 0.5) is 8.78 Å². The number of hydrogen-bond acceptors (Lipinski definition) is 2. The highest BCUT2D eigenvalue weighted by Crippen LogP contribution is 2.36. The van der Waals surface area contributed by atoms with Crippen LogP contribution in [0.15, 0.2) is 30.9 Å². The summed E-state index contributed by atoms with van der Waals surface area (Å²) in [6.45, 7) is 5.40. The van der Waals surface area contributed by atoms with Crippen molar-refractivity contribution in [3.8, 4) is 0 Å². The van der Waals surface area contributed by atoms with Gasteiger partial charge in [0.2, 0.25) is 0 Å². The number of hydrogen-bond donors (Lipinski definition) is 0. The first kappa shape index (κ1) is 20.5. The molecule has 27 heavy (non-hydrogen) atoms. The monoisotopic (exact) mass is 378 g/mol. The maximum absolute atomic E-state index is 13.3. The zero-order valence-corrected chi connectivity index (χ0v) is 16.2. The van der Waals surface area contributed by atoms with E-state index in [9.17, 15) is 8.78 Å². The van der Waals surface area contributed by atoms with E-state index < -0.39 is 11.6 Å². The van der Waals surface area contributed by atoms with Gasteiger partial charge in [-0.3, -0.25) is 0 Å². The van der Waals surface area contributed by atoms with Crippen LogP contribution in [0.5, 0.6) is 0 Å². The lowest BCUT2D eigenvalue weighted by Crippen LogP contribution is -2.38. The number of unbranched alkanes of at least 4 members (excludes halogenated alkanes) is 1. The number of benzene rings is 1. The van der Waals surface area contributed by atoms with Crippen molar-refractivity contribution in [2.24, 2.45) is 17.8 Å². The Hall–Kier alpha value is -1.26. The fourth-order valence-electron chi connectivity index (χ4n) is 4.36. The van der Waals surface area contributed by atoms with E-state index >= 15 is 0 Å². The van der Waals surface area contributed by atoms with Crippen molar-refractivity contribution in [3.63, 3.8) is 0 Å². The quantitative estimate of drug-likeness (QED) is 0.405. The minimum atomic E-state index is -0.769. The predicted octanol–water partition coefficient (Wildman–Crippen LogP) is 6.05. The van der Waals surface area contributed by atoms with Crippen LogP contribution in [0.25, 0.3) is 0 Å². The van der Waals surface area contributed by atoms with Gasteiger partial charge in [0.25, 0.3) is 0 Å². The summed E-state index contributed by atoms with van der Waals surface area (Å²) in [5.74, 6) is 0.164. The van der Waals surface area contributed by atoms with E-state index in [0.29, 0.717) is 17.8 Å². The molecule has 1 aromatic carbocycles. The van der Waals surface area contributed by atoms with Crippen LogP contribution in [0.3, 0.4) is 0 Å². The average molecular weight is 379 g/mol. The number of aryl methyl sites for hydroxylation is 1. The third kappa shape index (κ3) is 6.11. The third-order valence-corrected chi connectivity index (χ3v) is 6.11. The zero-order chi connectivity index (χ0) is 19.1. The predicted molar refractivity (Wildman–Crippen MR) is 103 cm³/mol. The maximum atomic E-state index is 13.3. The van der Waals surface area contributed by atoms with E-state index in [1.165, 1.54) is 25.0 Å². The molecule has 2 fully saturated rings. The van der Waals surface area contributed by atoms with Gasteiger partial charge < -0.3 is 9.47 Å². The molecule has 1 saturated heterocycles. The Morgan fingerprint density at radius 3 is 2.37 bits per heavy atom. The van der Waals surface area contributed by atoms with Gasteiger partial charge >= 0.3 is 0 Å². The van der Waals surface area contributed by atoms with E-state index in [4.69, 9.17) is 9.47 Å². The molecule has 1 heterocycles. The fourth-order valence-corrected chi connectivity index (χ4v) is 4.36. The molecule has 3 rings (SSSR count). The Labute approximate surface area is 161 Å². The summed E-state index contributed by atoms with van der Waals surface area (Å²) < 4.78 is 38.4. The second-order valence-electron chi connectivity index (χ2n) is 8.19. The number of ether oxygens (including phenoxy) is 2. The Bertz CT molecular complexity index is 588. The Morgan fingerprint density at radius 1 is 0.963 bits per heavy atom. The first-order valence-electron chi connectivity index (χ1n) is 10.4. The Balaban J connectivity index is 1.34. The first-order chi connectivity index (χ1) is 13.2. The standard InChI is InChI=1S/C23H32F2O2/c1-2-3-4-5-19-15-26-23(27-16-19)20-11-8-17(9-12-20)6-7-18-10-13-21(24)22(25)14-18/h2,10,13-14,17,19-20,23H,1,3-9,11-12,15-16H2. The van der Waals surface area contributed by atoms with Gasteiger partial charge in [-0.15, -0.1) is 6.58 Å². The van der Waals surface area contributed by atoms with E-state index in [-0.39, 0.29) is 6.29 Å². The normalized spacial score (nSPS) is 28.8. The van der Waals surface area contributed by atoms with E-state index in [2.05, 4.69) is 6.58 Å². The number of halogens is 2. The highest BCUT2D eigenvalue weighted by molar-refractivity contribution is 5.17. The lowest BCUT2D eigenvalue weighted by atomic mass is 9.79. The minimum Gasteiger partial charge on any atom is -0.352 e. The topological polar surface area (TPSA) is 18.5 Å². The zero-order valence-electron chi connectivity index (χ0n) is 16.2. The number of allylic oxidation sites excluding steroid dienone is 1. The maximum Gasteiger partial charge on any atom is 0.160 e. The van der Waals surface area contributed by atoms with Gasteiger partial charge in [0.15, 0.2) is 17.9 Å². The summed E-state index contributed by atoms with van der Waals surface area (Å²) in [7, 11) is 0. The summed E-state index contributed by atoms with van der Waals surface area (Å²) in [6.07, 6.45) is 11.8. The molecule has 0 bridgehead atoms. The molecule has 1 saturated carbocycles. The molecule has 0 N–H and O–H groups in total. The molecule has 0 radical (unpaired) electrons. The highest BCUT2D eigenvalue weighted by Gasteiger charge is 2.32. The van der Waals surface area contributed by atoms with Gasteiger partial charge in [-0.25, -0.2) is 8.78 Å². The largest absolute Gasteiger partial charge is 0.352 e. The lowest BCUT2D eigenvalue weighted by Gasteiger charge is -2.37. The molecule has 2 aliphatic rings. The molecule has 1 aliphatic carbocycles. The van der Waals surface area contributed by atoms with Crippen molar-refractivity contribution >= 4 is 0 Å². The van der Waals surface area contributed by atoms with Crippen LogP contribution in [0.2, 0.25) is 0 Å². The van der Waals surface area contributed by atoms with Crippen LogP contribution in [0, 0.1) is 29.4 Å². The molecule has 2 nitrogen and oxygen atoms in total. The van der Waals surface area contributed by atoms with E-state index in [0.717, 1.165) is 63.7 Å². The van der Waals surface area contributed by atoms with Crippen molar-refractivity contribution < 1.29 is 18.3 Å². The second kappa shape index (κ2) is 10.3. The molecule has 1 aromatic rings. The molecule has 0 unspecified atom stereocenters. The van der Waals surface area contributed by atoms with Crippen LogP contribution in [0.1, 0.15) is 56.9 Å². The van der Waals surface area contributed by atoms with E-state index in [1.54, 1.807) is 6.07 Å². The Morgan fingerprint density at radius 2 is 1.70 bits per heavy atom. The molecular formula is C23H32F2O2. The van der Waals surface area contributed by atoms with Gasteiger partial charge in [0, 0.05) is 11.8 Å². The third-order valence-electron chi connectivity index (χ3n) is 6.11. The van der Waals surface area contributed by atoms with Crippen molar-refractivity contribution in [2.75, 3.05) is 13.2 Å². The van der Waals surface area contributed by atoms with Crippen LogP contribution < -0.4 is 0 Å². The highest BCUT2D eigenvalue weighted by atomic mass is 19.2. The summed E-state index contributed by atoms with van der Waals surface area (Å²) >= 11 is 0. The second-order valence-corrected chi connectivity index (χ2v) is 8.19. The average Bonchev–Trinajstić information content (AvgIpc) is 2.70. The summed E-state index contributed by atoms with van der Waals surface area (Å²) in [6, 6.07) is 4.25. The fraction of sp³-hybridized carbons (Fsp3) is 0.652. The van der Waals surface area contributed by atoms with Gasteiger partial charge in [-0.05, 0) is 81.4 Å². The molecule has 4 heteroatoms. The van der Waals surface area contributed by atoms with Crippen LogP contribution >= 0.6 is 0 Å². The number of rotatable bonds is 8. The lowest BCUT2D eigenvalue weighted by molar-refractivity contribution is -0.230. The smallest absolute Gasteiger partial charge is 0.160 e. The van der Waals surface area contributed by atoms with Crippen molar-refractivity contribution in [1.29, 1.82) is 0 Å². The van der Waals surface area contributed by atoms with Crippen LogP contribution in [-0.4, -0.2) is 19.5 Å². The van der Waals surface area contributed by atoms with Crippen LogP contribution in [-0.2, 0) is 15.9 Å². The van der Waals surface area contributed by atoms with Crippen molar-refractivity contribution in [1.82, 2.24) is 0 Å². The van der Waals surface area contributed by atoms with Gasteiger partial charge in [0.1, 0.15) is 0 Å². The first-order valence-corrected chi connectivity index (χ1v) is 10.4. The molecular weight excluding hydrogens is 346 g/mol. The molecule has 1 aliphatic heterocycles. The van der Waals surface area contributed by atoms with Gasteiger partial charge in [-0.2, -0.15) is 0 Å². The molecule has 150 valence electrons. The summed E-state index contributed by atoms with van der Waals surface area (Å²) in [5.41, 5.74) is 0.887. The van der Waals surface area contributed by atoms with Crippen molar-refractivity contribution in [2.45, 2.75) is 64.1 Å². The van der Waals surface area contributed by atoms with Gasteiger partial charge in [-0.1, -0.05) is 12.1 Å². The van der Waals surface area contributed by atoms with E-state index in [1.807, 2.05) is 6.08 Å². The summed E-state index contributed by atoms with van der Waals surface area (Å²) in [5, 5.41) is 0. The molecule has 0 atom stereocenters. The summed E-state index contributed by atoms with van der Waals surface area (Å²) in [4.78, 5) is 0. The molecule has 0 aromatic heterocycles. The minimum absolute atomic E-state index is 0.0344. The molecule has 0 spiro atoms. The molecule has 0 amide bonds. The van der Waals surface area contributed by atoms with Gasteiger partial charge in [0.05, 0.1) is 13.2 Å².